The van der Waals surface area contributed by atoms with E-state index in [2.05, 4.69) is 5.16 Å². The monoisotopic (exact) mass is 211 g/mol. The quantitative estimate of drug-likeness (QED) is 0.794. The lowest BCUT2D eigenvalue weighted by Crippen LogP contribution is -2.39. The van der Waals surface area contributed by atoms with E-state index < -0.39 is 6.04 Å². The number of carbonyl (C=O) groups is 1. The third-order valence-electron chi connectivity index (χ3n) is 2.34. The van der Waals surface area contributed by atoms with Crippen LogP contribution in [0.4, 0.5) is 0 Å². The van der Waals surface area contributed by atoms with E-state index in [1.807, 2.05) is 13.8 Å². The third kappa shape index (κ3) is 2.56. The molecule has 5 nitrogen and oxygen atoms in total. The van der Waals surface area contributed by atoms with E-state index in [1.54, 1.807) is 18.9 Å². The second kappa shape index (κ2) is 4.44. The number of hydrogen-bond donors (Lipinski definition) is 1. The van der Waals surface area contributed by atoms with Crippen LogP contribution in [-0.4, -0.2) is 29.1 Å². The van der Waals surface area contributed by atoms with Crippen LogP contribution in [0.2, 0.25) is 0 Å². The maximum Gasteiger partial charge on any atom is 0.239 e. The average Bonchev–Trinajstić information content (AvgIpc) is 2.47. The Kier molecular flexibility index (Phi) is 3.47. The van der Waals surface area contributed by atoms with Gasteiger partial charge in [0.05, 0.1) is 18.3 Å². The van der Waals surface area contributed by atoms with Crippen molar-refractivity contribution in [3.05, 3.63) is 17.0 Å². The molecule has 1 heterocycles. The fourth-order valence-corrected chi connectivity index (χ4v) is 1.39. The molecule has 0 aliphatic rings. The van der Waals surface area contributed by atoms with Gasteiger partial charge in [0.15, 0.2) is 0 Å². The highest BCUT2D eigenvalue weighted by Crippen LogP contribution is 2.14. The summed E-state index contributed by atoms with van der Waals surface area (Å²) in [5, 5.41) is 3.83. The van der Waals surface area contributed by atoms with Gasteiger partial charge in [-0.2, -0.15) is 0 Å². The number of nitrogens with zero attached hydrogens (tertiary/aromatic N) is 2. The lowest BCUT2D eigenvalue weighted by molar-refractivity contribution is -0.131. The number of aromatic nitrogens is 1. The van der Waals surface area contributed by atoms with Gasteiger partial charge in [0.1, 0.15) is 5.76 Å². The maximum atomic E-state index is 11.5. The summed E-state index contributed by atoms with van der Waals surface area (Å²) in [4.78, 5) is 13.1. The molecule has 0 fully saturated rings. The number of likely N-dealkylation sites (N-methyl/N-ethyl adjacent to an activating group) is 1. The molecule has 0 aromatic carbocycles. The van der Waals surface area contributed by atoms with Crippen molar-refractivity contribution in [2.75, 3.05) is 7.05 Å². The van der Waals surface area contributed by atoms with Crippen molar-refractivity contribution < 1.29 is 9.32 Å². The molecule has 1 aromatic heterocycles. The van der Waals surface area contributed by atoms with Crippen LogP contribution < -0.4 is 5.73 Å². The zero-order valence-electron chi connectivity index (χ0n) is 9.57. The predicted octanol–water partition coefficient (Wildman–Crippen LogP) is 0.597. The van der Waals surface area contributed by atoms with Gasteiger partial charge in [0.2, 0.25) is 5.91 Å². The van der Waals surface area contributed by atoms with Crippen molar-refractivity contribution in [2.45, 2.75) is 33.4 Å². The van der Waals surface area contributed by atoms with Crippen molar-refractivity contribution in [2.24, 2.45) is 5.73 Å². The molecule has 1 rings (SSSR count). The Balaban J connectivity index is 2.74. The Bertz CT molecular complexity index is 338. The molecule has 0 spiro atoms. The van der Waals surface area contributed by atoms with Crippen LogP contribution in [0.3, 0.4) is 0 Å². The Morgan fingerprint density at radius 3 is 2.60 bits per heavy atom. The normalized spacial score (nSPS) is 12.6. The minimum atomic E-state index is -0.476. The fraction of sp³-hybridized carbons (Fsp3) is 0.600. The second-order valence-electron chi connectivity index (χ2n) is 3.79. The lowest BCUT2D eigenvalue weighted by atomic mass is 10.2. The molecule has 0 saturated carbocycles. The summed E-state index contributed by atoms with van der Waals surface area (Å²) in [6, 6.07) is -0.476. The zero-order valence-corrected chi connectivity index (χ0v) is 9.57. The first-order chi connectivity index (χ1) is 6.93. The van der Waals surface area contributed by atoms with E-state index in [9.17, 15) is 4.79 Å². The van der Waals surface area contributed by atoms with E-state index in [4.69, 9.17) is 10.3 Å². The average molecular weight is 211 g/mol. The number of aryl methyl sites for hydroxylation is 2. The van der Waals surface area contributed by atoms with Crippen LogP contribution in [0.5, 0.6) is 0 Å². The largest absolute Gasteiger partial charge is 0.361 e. The first-order valence-corrected chi connectivity index (χ1v) is 4.85. The molecule has 1 atom stereocenters. The minimum absolute atomic E-state index is 0.0880. The second-order valence-corrected chi connectivity index (χ2v) is 3.79. The number of carbonyl (C=O) groups excluding carboxylic acids is 1. The number of nitrogens with two attached hydrogens (primary N) is 1. The van der Waals surface area contributed by atoms with E-state index in [-0.39, 0.29) is 5.91 Å². The summed E-state index contributed by atoms with van der Waals surface area (Å²) in [6.45, 7) is 5.85. The van der Waals surface area contributed by atoms with Crippen LogP contribution in [0.15, 0.2) is 4.52 Å². The Morgan fingerprint density at radius 2 is 2.20 bits per heavy atom. The molecule has 84 valence electrons. The van der Waals surface area contributed by atoms with Gasteiger partial charge >= 0.3 is 0 Å². The SMILES string of the molecule is Cc1noc(C)c1CN(C)C(=O)[C@H](C)N. The summed E-state index contributed by atoms with van der Waals surface area (Å²) in [6.07, 6.45) is 0. The van der Waals surface area contributed by atoms with Crippen LogP contribution >= 0.6 is 0 Å². The standard InChI is InChI=1S/C10H17N3O2/c1-6(11)10(14)13(4)5-9-7(2)12-15-8(9)3/h6H,5,11H2,1-4H3/t6-/m0/s1. The lowest BCUT2D eigenvalue weighted by Gasteiger charge is -2.18. The molecular formula is C10H17N3O2. The van der Waals surface area contributed by atoms with Crippen molar-refractivity contribution in [1.82, 2.24) is 10.1 Å². The molecule has 0 unspecified atom stereocenters. The summed E-state index contributed by atoms with van der Waals surface area (Å²) >= 11 is 0. The number of hydrogen-bond acceptors (Lipinski definition) is 4. The van der Waals surface area contributed by atoms with Gasteiger partial charge in [-0.25, -0.2) is 0 Å². The summed E-state index contributed by atoms with van der Waals surface area (Å²) in [5.74, 6) is 0.659. The van der Waals surface area contributed by atoms with Crippen LogP contribution in [0, 0.1) is 13.8 Å². The molecule has 5 heteroatoms. The van der Waals surface area contributed by atoms with Gasteiger partial charge in [0.25, 0.3) is 0 Å². The first kappa shape index (κ1) is 11.7. The molecule has 0 bridgehead atoms. The molecule has 1 amide bonds. The summed E-state index contributed by atoms with van der Waals surface area (Å²) in [7, 11) is 1.72. The van der Waals surface area contributed by atoms with Crippen molar-refractivity contribution in [3.8, 4) is 0 Å². The van der Waals surface area contributed by atoms with Crippen molar-refractivity contribution in [3.63, 3.8) is 0 Å². The third-order valence-corrected chi connectivity index (χ3v) is 2.34. The van der Waals surface area contributed by atoms with E-state index in [0.29, 0.717) is 6.54 Å². The molecule has 2 N–H and O–H groups in total. The minimum Gasteiger partial charge on any atom is -0.361 e. The Labute approximate surface area is 89.2 Å². The highest BCUT2D eigenvalue weighted by molar-refractivity contribution is 5.80. The summed E-state index contributed by atoms with van der Waals surface area (Å²) < 4.78 is 5.02. The zero-order chi connectivity index (χ0) is 11.6. The summed E-state index contributed by atoms with van der Waals surface area (Å²) in [5.41, 5.74) is 7.28. The van der Waals surface area contributed by atoms with Gasteiger partial charge in [-0.05, 0) is 20.8 Å². The number of rotatable bonds is 3. The van der Waals surface area contributed by atoms with Gasteiger partial charge in [-0.3, -0.25) is 4.79 Å². The van der Waals surface area contributed by atoms with E-state index in [0.717, 1.165) is 17.0 Å². The molecule has 0 aliphatic heterocycles. The van der Waals surface area contributed by atoms with E-state index >= 15 is 0 Å². The fourth-order valence-electron chi connectivity index (χ4n) is 1.39. The Hall–Kier alpha value is -1.36. The van der Waals surface area contributed by atoms with Gasteiger partial charge in [-0.15, -0.1) is 0 Å². The molecule has 1 aromatic rings. The van der Waals surface area contributed by atoms with E-state index in [1.165, 1.54) is 0 Å². The van der Waals surface area contributed by atoms with Crippen molar-refractivity contribution in [1.29, 1.82) is 0 Å². The molecule has 0 saturated heterocycles. The van der Waals surface area contributed by atoms with Gasteiger partial charge < -0.3 is 15.2 Å². The number of amides is 1. The van der Waals surface area contributed by atoms with Crippen LogP contribution in [0.1, 0.15) is 23.9 Å². The van der Waals surface area contributed by atoms with Gasteiger partial charge in [0, 0.05) is 12.6 Å². The topological polar surface area (TPSA) is 72.4 Å². The Morgan fingerprint density at radius 1 is 1.60 bits per heavy atom. The van der Waals surface area contributed by atoms with Gasteiger partial charge in [-0.1, -0.05) is 5.16 Å². The molecular weight excluding hydrogens is 194 g/mol. The maximum absolute atomic E-state index is 11.5. The van der Waals surface area contributed by atoms with Crippen LogP contribution in [-0.2, 0) is 11.3 Å². The predicted molar refractivity (Wildman–Crippen MR) is 56.1 cm³/mol. The smallest absolute Gasteiger partial charge is 0.239 e. The molecule has 0 aliphatic carbocycles. The van der Waals surface area contributed by atoms with Crippen molar-refractivity contribution >= 4 is 5.91 Å². The molecule has 15 heavy (non-hydrogen) atoms. The highest BCUT2D eigenvalue weighted by atomic mass is 16.5. The molecule has 0 radical (unpaired) electrons. The van der Waals surface area contributed by atoms with Crippen LogP contribution in [0.25, 0.3) is 0 Å². The highest BCUT2D eigenvalue weighted by Gasteiger charge is 2.17. The first-order valence-electron chi connectivity index (χ1n) is 4.85.